The number of fused-ring (bicyclic) bond motifs is 2. The van der Waals surface area contributed by atoms with Crippen molar-refractivity contribution in [2.75, 3.05) is 26.1 Å². The van der Waals surface area contributed by atoms with Gasteiger partial charge in [-0.2, -0.15) is 0 Å². The van der Waals surface area contributed by atoms with Crippen molar-refractivity contribution in [2.45, 2.75) is 76.2 Å². The number of phenols is 2. The number of phenolic OH excluding ortho intramolecular Hbond substituents is 2. The molecule has 3 atom stereocenters. The Balaban J connectivity index is 1.44. The Morgan fingerprint density at radius 1 is 1.00 bits per heavy atom. The van der Waals surface area contributed by atoms with Crippen molar-refractivity contribution < 1.29 is 43.6 Å². The van der Waals surface area contributed by atoms with Crippen LogP contribution in [0.15, 0.2) is 54.6 Å². The zero-order valence-electron chi connectivity index (χ0n) is 28.6. The molecule has 50 heavy (non-hydrogen) atoms. The zero-order chi connectivity index (χ0) is 35.8. The number of allylic oxidation sites excluding steroid dienone is 1. The number of rotatable bonds is 9. The lowest BCUT2D eigenvalue weighted by Gasteiger charge is -2.23. The van der Waals surface area contributed by atoms with Gasteiger partial charge in [-0.1, -0.05) is 24.3 Å². The fourth-order valence-corrected chi connectivity index (χ4v) is 6.57. The van der Waals surface area contributed by atoms with Crippen LogP contribution >= 0.6 is 0 Å². The highest BCUT2D eigenvalue weighted by Crippen LogP contribution is 2.44. The monoisotopic (exact) mass is 684 g/mol. The van der Waals surface area contributed by atoms with Gasteiger partial charge < -0.3 is 35.1 Å². The third-order valence-corrected chi connectivity index (χ3v) is 9.27. The second kappa shape index (κ2) is 16.4. The van der Waals surface area contributed by atoms with Crippen LogP contribution in [0, 0.1) is 0 Å². The van der Waals surface area contributed by atoms with E-state index in [9.17, 15) is 29.4 Å². The summed E-state index contributed by atoms with van der Waals surface area (Å²) in [5, 5.41) is 29.0. The molecule has 5 rings (SSSR count). The summed E-state index contributed by atoms with van der Waals surface area (Å²) in [6, 6.07) is 13.6. The molecule has 2 unspecified atom stereocenters. The Morgan fingerprint density at radius 2 is 1.72 bits per heavy atom. The lowest BCUT2D eigenvalue weighted by Crippen LogP contribution is -2.28. The minimum atomic E-state index is -0.876. The summed E-state index contributed by atoms with van der Waals surface area (Å²) < 4.78 is 16.4. The number of methoxy groups -OCH3 is 2. The summed E-state index contributed by atoms with van der Waals surface area (Å²) in [5.41, 5.74) is 2.24. The number of Topliss-reactive ketones (excluding diaryl/α,β-unsaturated/α-hetero) is 1. The highest BCUT2D eigenvalue weighted by atomic mass is 16.5. The van der Waals surface area contributed by atoms with Crippen molar-refractivity contribution in [2.24, 2.45) is 0 Å². The first-order chi connectivity index (χ1) is 24.1. The van der Waals surface area contributed by atoms with Crippen LogP contribution in [0.3, 0.4) is 0 Å². The molecule has 0 aromatic heterocycles. The third-order valence-electron chi connectivity index (χ3n) is 9.27. The lowest BCUT2D eigenvalue weighted by atomic mass is 9.84. The molecular formula is C39H44N2O9. The lowest BCUT2D eigenvalue weighted by molar-refractivity contribution is -0.122. The number of carbonyl (C=O) groups is 4. The Kier molecular flexibility index (Phi) is 11.8. The fourth-order valence-electron chi connectivity index (χ4n) is 6.57. The van der Waals surface area contributed by atoms with Crippen LogP contribution in [0.25, 0.3) is 6.08 Å². The molecular weight excluding hydrogens is 640 g/mol. The Hall–Kier alpha value is -5.32. The van der Waals surface area contributed by atoms with E-state index in [1.165, 1.54) is 13.2 Å². The molecule has 11 heteroatoms. The van der Waals surface area contributed by atoms with Crippen molar-refractivity contribution in [1.29, 1.82) is 0 Å². The molecule has 0 saturated carbocycles. The molecule has 0 fully saturated rings. The topological polar surface area (TPSA) is 160 Å². The van der Waals surface area contributed by atoms with E-state index in [2.05, 4.69) is 10.6 Å². The van der Waals surface area contributed by atoms with Crippen LogP contribution in [0.5, 0.6) is 23.0 Å². The smallest absolute Gasteiger partial charge is 0.342 e. The number of hydrogen-bond donors (Lipinski definition) is 4. The van der Waals surface area contributed by atoms with Crippen LogP contribution in [-0.4, -0.2) is 60.6 Å². The fraction of sp³-hybridized carbons (Fsp3) is 0.385. The number of ether oxygens (including phenoxy) is 3. The average molecular weight is 685 g/mol. The second-order valence-corrected chi connectivity index (χ2v) is 12.7. The van der Waals surface area contributed by atoms with E-state index in [0.717, 1.165) is 5.56 Å². The summed E-state index contributed by atoms with van der Waals surface area (Å²) in [5.74, 6) is -2.10. The van der Waals surface area contributed by atoms with Gasteiger partial charge in [0.1, 0.15) is 34.3 Å². The van der Waals surface area contributed by atoms with Gasteiger partial charge in [0.2, 0.25) is 11.8 Å². The van der Waals surface area contributed by atoms with E-state index in [1.54, 1.807) is 62.6 Å². The molecule has 264 valence electrons. The maximum atomic E-state index is 13.6. The van der Waals surface area contributed by atoms with Gasteiger partial charge in [-0.15, -0.1) is 0 Å². The number of ketones is 1. The third kappa shape index (κ3) is 8.45. The standard InChI is InChI=1S/C39H44N2O9/c1-23-8-7-11-26(42)10-6-4-5-9-25-20-33(43)36(37(45)35(25)39(47)50-23)30(24-12-14-27(48-2)15-13-24)22-34(44)40-19-18-29-31-21-28(49-3)16-17-32(31)41-38(29)46/h5,9,12-17,20-21,23,29-30,43,45H,4,6-8,10-11,18-19,22H2,1-3H3,(H,40,44)(H,41,46)/b9-5+/t23-,29?,30?/m0/s1. The van der Waals surface area contributed by atoms with Crippen molar-refractivity contribution in [1.82, 2.24) is 5.32 Å². The second-order valence-electron chi connectivity index (χ2n) is 12.7. The molecule has 2 aliphatic heterocycles. The molecule has 0 bridgehead atoms. The van der Waals surface area contributed by atoms with Crippen molar-refractivity contribution >= 4 is 35.3 Å². The van der Waals surface area contributed by atoms with Crippen LogP contribution in [0.2, 0.25) is 0 Å². The minimum absolute atomic E-state index is 0.00461. The van der Waals surface area contributed by atoms with Crippen LogP contribution < -0.4 is 20.1 Å². The number of hydrogen-bond acceptors (Lipinski definition) is 9. The Labute approximate surface area is 291 Å². The molecule has 0 saturated heterocycles. The molecule has 0 radical (unpaired) electrons. The van der Waals surface area contributed by atoms with Crippen LogP contribution in [0.4, 0.5) is 5.69 Å². The molecule has 0 spiro atoms. The van der Waals surface area contributed by atoms with Crippen molar-refractivity contribution in [3.8, 4) is 23.0 Å². The molecule has 0 aliphatic carbocycles. The van der Waals surface area contributed by atoms with Gasteiger partial charge in [0.05, 0.1) is 26.2 Å². The predicted molar refractivity (Wildman–Crippen MR) is 188 cm³/mol. The van der Waals surface area contributed by atoms with E-state index in [4.69, 9.17) is 14.2 Å². The molecule has 2 heterocycles. The summed E-state index contributed by atoms with van der Waals surface area (Å²) in [7, 11) is 3.08. The Morgan fingerprint density at radius 3 is 2.46 bits per heavy atom. The number of amides is 2. The van der Waals surface area contributed by atoms with Gasteiger partial charge >= 0.3 is 5.97 Å². The van der Waals surface area contributed by atoms with Crippen LogP contribution in [0.1, 0.15) is 103 Å². The number of esters is 1. The molecule has 2 aliphatic rings. The highest BCUT2D eigenvalue weighted by Gasteiger charge is 2.33. The normalized spacial score (nSPS) is 19.2. The zero-order valence-corrected chi connectivity index (χ0v) is 28.6. The summed E-state index contributed by atoms with van der Waals surface area (Å²) in [6.07, 6.45) is 6.16. The van der Waals surface area contributed by atoms with E-state index < -0.39 is 29.7 Å². The van der Waals surface area contributed by atoms with Crippen molar-refractivity contribution in [3.63, 3.8) is 0 Å². The number of anilines is 1. The largest absolute Gasteiger partial charge is 0.507 e. The van der Waals surface area contributed by atoms with Gasteiger partial charge in [-0.25, -0.2) is 4.79 Å². The number of cyclic esters (lactones) is 1. The number of aromatic hydroxyl groups is 2. The van der Waals surface area contributed by atoms with Crippen LogP contribution in [-0.2, 0) is 19.1 Å². The van der Waals surface area contributed by atoms with E-state index in [0.29, 0.717) is 67.7 Å². The van der Waals surface area contributed by atoms with E-state index in [-0.39, 0.29) is 53.0 Å². The van der Waals surface area contributed by atoms with Gasteiger partial charge in [0, 0.05) is 43.0 Å². The van der Waals surface area contributed by atoms with Gasteiger partial charge in [-0.3, -0.25) is 14.4 Å². The summed E-state index contributed by atoms with van der Waals surface area (Å²) in [4.78, 5) is 52.1. The number of carbonyl (C=O) groups excluding carboxylic acids is 4. The molecule has 2 amide bonds. The maximum Gasteiger partial charge on any atom is 0.342 e. The first kappa shape index (κ1) is 36.0. The predicted octanol–water partition coefficient (Wildman–Crippen LogP) is 6.36. The molecule has 11 nitrogen and oxygen atoms in total. The minimum Gasteiger partial charge on any atom is -0.507 e. The average Bonchev–Trinajstić information content (AvgIpc) is 3.40. The molecule has 3 aromatic rings. The van der Waals surface area contributed by atoms with Gasteiger partial charge in [-0.05, 0) is 92.1 Å². The molecule has 4 N–H and O–H groups in total. The van der Waals surface area contributed by atoms with E-state index >= 15 is 0 Å². The number of nitrogens with one attached hydrogen (secondary N) is 2. The molecule has 3 aromatic carbocycles. The quantitative estimate of drug-likeness (QED) is 0.188. The Bertz CT molecular complexity index is 1770. The SMILES string of the molecule is COc1ccc(C(CC(=O)NCCC2C(=O)Nc3ccc(OC)cc32)c2c(O)cc3c(c2O)C(=O)O[C@@H](C)CCCC(=O)CCC/C=C/3)cc1. The summed E-state index contributed by atoms with van der Waals surface area (Å²) >= 11 is 0. The van der Waals surface area contributed by atoms with Crippen molar-refractivity contribution in [3.05, 3.63) is 82.4 Å². The number of benzene rings is 3. The first-order valence-electron chi connectivity index (χ1n) is 17.0. The summed E-state index contributed by atoms with van der Waals surface area (Å²) in [6.45, 7) is 1.92. The van der Waals surface area contributed by atoms with E-state index in [1.807, 2.05) is 6.07 Å². The van der Waals surface area contributed by atoms with Gasteiger partial charge in [0.15, 0.2) is 0 Å². The first-order valence-corrected chi connectivity index (χ1v) is 17.0. The van der Waals surface area contributed by atoms with Gasteiger partial charge in [0.25, 0.3) is 0 Å². The maximum absolute atomic E-state index is 13.6. The highest BCUT2D eigenvalue weighted by molar-refractivity contribution is 6.03.